The molecule has 0 radical (unpaired) electrons. The summed E-state index contributed by atoms with van der Waals surface area (Å²) in [5.41, 5.74) is 8.08. The van der Waals surface area contributed by atoms with Crippen LogP contribution in [0.3, 0.4) is 0 Å². The third-order valence-electron chi connectivity index (χ3n) is 4.30. The lowest BCUT2D eigenvalue weighted by Crippen LogP contribution is -2.53. The van der Waals surface area contributed by atoms with Crippen molar-refractivity contribution in [2.45, 2.75) is 25.8 Å². The van der Waals surface area contributed by atoms with Gasteiger partial charge in [0.05, 0.1) is 0 Å². The van der Waals surface area contributed by atoms with Crippen LogP contribution in [0.2, 0.25) is 0 Å². The predicted octanol–water partition coefficient (Wildman–Crippen LogP) is 1.02. The van der Waals surface area contributed by atoms with Gasteiger partial charge in [0.25, 0.3) is 5.91 Å². The molecule has 0 bridgehead atoms. The first-order valence-corrected chi connectivity index (χ1v) is 7.01. The van der Waals surface area contributed by atoms with Crippen molar-refractivity contribution < 1.29 is 9.59 Å². The number of amides is 2. The Labute approximate surface area is 118 Å². The van der Waals surface area contributed by atoms with Gasteiger partial charge in [-0.1, -0.05) is 0 Å². The van der Waals surface area contributed by atoms with Crippen LogP contribution in [0.25, 0.3) is 0 Å². The number of carbonyl (C=O) groups is 2. The Balaban J connectivity index is 1.75. The Hall–Kier alpha value is -2.04. The molecule has 2 saturated heterocycles. The van der Waals surface area contributed by atoms with Gasteiger partial charge in [0, 0.05) is 43.3 Å². The van der Waals surface area contributed by atoms with Crippen LogP contribution in [0.1, 0.15) is 28.8 Å². The number of nitrogen functional groups attached to an aromatic ring is 1. The zero-order valence-electron chi connectivity index (χ0n) is 11.6. The molecular formula is C15H19N3O2. The molecule has 1 unspecified atom stereocenters. The molecule has 5 heteroatoms. The summed E-state index contributed by atoms with van der Waals surface area (Å²) in [4.78, 5) is 27.9. The van der Waals surface area contributed by atoms with Gasteiger partial charge in [0.1, 0.15) is 0 Å². The lowest BCUT2D eigenvalue weighted by molar-refractivity contribution is -0.130. The first-order chi connectivity index (χ1) is 9.56. The third kappa shape index (κ3) is 2.13. The summed E-state index contributed by atoms with van der Waals surface area (Å²) < 4.78 is 0. The number of benzene rings is 1. The molecule has 5 nitrogen and oxygen atoms in total. The fourth-order valence-electron chi connectivity index (χ4n) is 3.04. The van der Waals surface area contributed by atoms with E-state index in [-0.39, 0.29) is 17.9 Å². The molecule has 0 aliphatic carbocycles. The van der Waals surface area contributed by atoms with Crippen LogP contribution in [0, 0.1) is 6.92 Å². The number of anilines is 1. The van der Waals surface area contributed by atoms with Gasteiger partial charge in [-0.2, -0.15) is 0 Å². The highest BCUT2D eigenvalue weighted by Gasteiger charge is 2.36. The molecule has 1 atom stereocenters. The maximum Gasteiger partial charge on any atom is 0.253 e. The summed E-state index contributed by atoms with van der Waals surface area (Å²) >= 11 is 0. The summed E-state index contributed by atoms with van der Waals surface area (Å²) in [7, 11) is 0. The highest BCUT2D eigenvalue weighted by molar-refractivity contribution is 5.95. The van der Waals surface area contributed by atoms with E-state index in [2.05, 4.69) is 0 Å². The Morgan fingerprint density at radius 2 is 2.15 bits per heavy atom. The summed E-state index contributed by atoms with van der Waals surface area (Å²) in [5, 5.41) is 0. The normalized spacial score (nSPS) is 22.1. The molecule has 0 spiro atoms. The molecule has 2 N–H and O–H groups in total. The molecule has 2 fully saturated rings. The van der Waals surface area contributed by atoms with E-state index in [1.807, 2.05) is 22.8 Å². The Morgan fingerprint density at radius 1 is 1.35 bits per heavy atom. The summed E-state index contributed by atoms with van der Waals surface area (Å²) in [5.74, 6) is 0.262. The molecule has 0 aromatic heterocycles. The number of hydrogen-bond acceptors (Lipinski definition) is 3. The maximum absolute atomic E-state index is 12.5. The highest BCUT2D eigenvalue weighted by atomic mass is 16.2. The topological polar surface area (TPSA) is 66.6 Å². The fraction of sp³-hybridized carbons (Fsp3) is 0.467. The molecule has 2 aliphatic heterocycles. The second-order valence-electron chi connectivity index (χ2n) is 5.60. The minimum Gasteiger partial charge on any atom is -0.399 e. The second-order valence-corrected chi connectivity index (χ2v) is 5.60. The van der Waals surface area contributed by atoms with E-state index in [0.29, 0.717) is 37.3 Å². The number of nitrogens with two attached hydrogens (primary N) is 1. The smallest absolute Gasteiger partial charge is 0.253 e. The standard InChI is InChI=1S/C15H19N3O2/c1-10-8-11(2-4-13(10)16)15(20)17-6-7-18-12(9-17)3-5-14(18)19/h2,4,8,12H,3,5-7,9,16H2,1H3. The largest absolute Gasteiger partial charge is 0.399 e. The van der Waals surface area contributed by atoms with Crippen LogP contribution in [-0.4, -0.2) is 47.3 Å². The number of hydrogen-bond donors (Lipinski definition) is 1. The van der Waals surface area contributed by atoms with Crippen molar-refractivity contribution in [2.75, 3.05) is 25.4 Å². The molecule has 2 amide bonds. The lowest BCUT2D eigenvalue weighted by Gasteiger charge is -2.37. The number of rotatable bonds is 1. The Bertz CT molecular complexity index is 570. The molecule has 1 aromatic carbocycles. The highest BCUT2D eigenvalue weighted by Crippen LogP contribution is 2.24. The van der Waals surface area contributed by atoms with Gasteiger partial charge in [-0.15, -0.1) is 0 Å². The van der Waals surface area contributed by atoms with Crippen molar-refractivity contribution in [3.63, 3.8) is 0 Å². The molecule has 3 rings (SSSR count). The number of carbonyl (C=O) groups excluding carboxylic acids is 2. The average Bonchev–Trinajstić information content (AvgIpc) is 2.82. The quantitative estimate of drug-likeness (QED) is 0.777. The van der Waals surface area contributed by atoms with Crippen LogP contribution < -0.4 is 5.73 Å². The molecule has 106 valence electrons. The number of piperazine rings is 1. The van der Waals surface area contributed by atoms with Crippen LogP contribution in [0.15, 0.2) is 18.2 Å². The van der Waals surface area contributed by atoms with Crippen molar-refractivity contribution in [1.82, 2.24) is 9.80 Å². The van der Waals surface area contributed by atoms with E-state index < -0.39 is 0 Å². The van der Waals surface area contributed by atoms with Gasteiger partial charge in [-0.05, 0) is 37.1 Å². The zero-order valence-corrected chi connectivity index (χ0v) is 11.6. The molecule has 20 heavy (non-hydrogen) atoms. The second kappa shape index (κ2) is 4.81. The average molecular weight is 273 g/mol. The SMILES string of the molecule is Cc1cc(C(=O)N2CCN3C(=O)CCC3C2)ccc1N. The van der Waals surface area contributed by atoms with Gasteiger partial charge >= 0.3 is 0 Å². The maximum atomic E-state index is 12.5. The van der Waals surface area contributed by atoms with E-state index in [1.165, 1.54) is 0 Å². The van der Waals surface area contributed by atoms with E-state index in [9.17, 15) is 9.59 Å². The van der Waals surface area contributed by atoms with Gasteiger partial charge in [0.15, 0.2) is 0 Å². The first-order valence-electron chi connectivity index (χ1n) is 7.01. The van der Waals surface area contributed by atoms with Crippen molar-refractivity contribution in [2.24, 2.45) is 0 Å². The number of nitrogens with zero attached hydrogens (tertiary/aromatic N) is 2. The molecular weight excluding hydrogens is 254 g/mol. The van der Waals surface area contributed by atoms with Crippen molar-refractivity contribution in [3.8, 4) is 0 Å². The van der Waals surface area contributed by atoms with E-state index in [1.54, 1.807) is 12.1 Å². The van der Waals surface area contributed by atoms with Gasteiger partial charge in [-0.25, -0.2) is 0 Å². The molecule has 2 aliphatic rings. The van der Waals surface area contributed by atoms with E-state index in [4.69, 9.17) is 5.73 Å². The summed E-state index contributed by atoms with van der Waals surface area (Å²) in [6.45, 7) is 3.82. The summed E-state index contributed by atoms with van der Waals surface area (Å²) in [6.07, 6.45) is 1.48. The van der Waals surface area contributed by atoms with E-state index in [0.717, 1.165) is 12.0 Å². The first kappa shape index (κ1) is 13.0. The van der Waals surface area contributed by atoms with Crippen LogP contribution in [0.5, 0.6) is 0 Å². The monoisotopic (exact) mass is 273 g/mol. The number of fused-ring (bicyclic) bond motifs is 1. The summed E-state index contributed by atoms with van der Waals surface area (Å²) in [6, 6.07) is 5.59. The van der Waals surface area contributed by atoms with Crippen molar-refractivity contribution in [1.29, 1.82) is 0 Å². The van der Waals surface area contributed by atoms with Crippen LogP contribution in [0.4, 0.5) is 5.69 Å². The van der Waals surface area contributed by atoms with Crippen LogP contribution in [-0.2, 0) is 4.79 Å². The molecule has 1 aromatic rings. The Morgan fingerprint density at radius 3 is 2.90 bits per heavy atom. The molecule has 2 heterocycles. The van der Waals surface area contributed by atoms with Crippen molar-refractivity contribution >= 4 is 17.5 Å². The minimum absolute atomic E-state index is 0.0344. The lowest BCUT2D eigenvalue weighted by atomic mass is 10.1. The predicted molar refractivity (Wildman–Crippen MR) is 76.2 cm³/mol. The van der Waals surface area contributed by atoms with Crippen LogP contribution >= 0.6 is 0 Å². The zero-order chi connectivity index (χ0) is 14.3. The minimum atomic E-state index is 0.0344. The Kier molecular flexibility index (Phi) is 3.12. The third-order valence-corrected chi connectivity index (χ3v) is 4.30. The van der Waals surface area contributed by atoms with Crippen molar-refractivity contribution in [3.05, 3.63) is 29.3 Å². The van der Waals surface area contributed by atoms with E-state index >= 15 is 0 Å². The van der Waals surface area contributed by atoms with Gasteiger partial charge in [0.2, 0.25) is 5.91 Å². The fourth-order valence-corrected chi connectivity index (χ4v) is 3.04. The van der Waals surface area contributed by atoms with Gasteiger partial charge in [-0.3, -0.25) is 9.59 Å². The number of aryl methyl sites for hydroxylation is 1. The molecule has 0 saturated carbocycles. The van der Waals surface area contributed by atoms with Gasteiger partial charge < -0.3 is 15.5 Å².